The van der Waals surface area contributed by atoms with E-state index in [-0.39, 0.29) is 11.3 Å². The van der Waals surface area contributed by atoms with Crippen LogP contribution in [0.25, 0.3) is 6.08 Å². The number of carbonyl (C=O) groups is 1. The highest BCUT2D eigenvalue weighted by Crippen LogP contribution is 2.32. The zero-order valence-corrected chi connectivity index (χ0v) is 9.21. The summed E-state index contributed by atoms with van der Waals surface area (Å²) in [6.45, 7) is 1.83. The van der Waals surface area contributed by atoms with Gasteiger partial charge in [-0.05, 0) is 24.1 Å². The van der Waals surface area contributed by atoms with Crippen LogP contribution in [0.3, 0.4) is 0 Å². The van der Waals surface area contributed by atoms with E-state index in [0.717, 1.165) is 6.08 Å². The molecule has 0 atom stereocenters. The molecular weight excluding hydrogens is 224 g/mol. The van der Waals surface area contributed by atoms with Crippen molar-refractivity contribution in [1.82, 2.24) is 0 Å². The van der Waals surface area contributed by atoms with E-state index in [2.05, 4.69) is 0 Å². The fraction of sp³-hybridized carbons (Fsp3) is 0.182. The van der Waals surface area contributed by atoms with Crippen molar-refractivity contribution < 1.29 is 14.8 Å². The Bertz CT molecular complexity index is 494. The normalized spacial score (nSPS) is 10.6. The molecule has 0 saturated heterocycles. The maximum absolute atomic E-state index is 10.7. The summed E-state index contributed by atoms with van der Waals surface area (Å²) in [7, 11) is 0. The predicted molar refractivity (Wildman–Crippen MR) is 62.4 cm³/mol. The van der Waals surface area contributed by atoms with Crippen molar-refractivity contribution in [3.8, 4) is 5.75 Å². The van der Waals surface area contributed by atoms with Crippen LogP contribution in [-0.4, -0.2) is 15.9 Å². The second kappa shape index (κ2) is 5.11. The van der Waals surface area contributed by atoms with Gasteiger partial charge in [0.05, 0.1) is 4.92 Å². The molecule has 6 nitrogen and oxygen atoms in total. The summed E-state index contributed by atoms with van der Waals surface area (Å²) in [5, 5.41) is 20.4. The lowest BCUT2D eigenvalue weighted by molar-refractivity contribution is -0.385. The van der Waals surface area contributed by atoms with Crippen LogP contribution in [0.5, 0.6) is 5.75 Å². The van der Waals surface area contributed by atoms with Crippen molar-refractivity contribution >= 4 is 17.7 Å². The van der Waals surface area contributed by atoms with E-state index in [9.17, 15) is 20.0 Å². The van der Waals surface area contributed by atoms with Gasteiger partial charge in [-0.1, -0.05) is 6.92 Å². The fourth-order valence-corrected chi connectivity index (χ4v) is 1.34. The number of phenols is 1. The molecule has 0 unspecified atom stereocenters. The number of phenolic OH excluding ortho intramolecular Hbond substituents is 1. The summed E-state index contributed by atoms with van der Waals surface area (Å²) < 4.78 is 0. The van der Waals surface area contributed by atoms with E-state index in [0.29, 0.717) is 12.0 Å². The number of aryl methyl sites for hydroxylation is 1. The van der Waals surface area contributed by atoms with Crippen LogP contribution < -0.4 is 5.73 Å². The Morgan fingerprint density at radius 2 is 2.24 bits per heavy atom. The minimum atomic E-state index is -0.686. The predicted octanol–water partition coefficient (Wildman–Crippen LogP) is 1.36. The molecule has 1 aromatic carbocycles. The molecule has 0 radical (unpaired) electrons. The summed E-state index contributed by atoms with van der Waals surface area (Å²) in [6, 6.07) is 2.87. The van der Waals surface area contributed by atoms with Crippen molar-refractivity contribution in [2.24, 2.45) is 5.73 Å². The number of amides is 1. The standard InChI is InChI=1S/C11H12N2O4/c1-2-7-5-8(3-4-10(12)14)11(15)9(6-7)13(16)17/h3-6,15H,2H2,1H3,(H2,12,14)/b4-3-. The van der Waals surface area contributed by atoms with Crippen molar-refractivity contribution in [1.29, 1.82) is 0 Å². The maximum atomic E-state index is 10.7. The average molecular weight is 236 g/mol. The van der Waals surface area contributed by atoms with Crippen molar-refractivity contribution in [3.05, 3.63) is 39.4 Å². The molecule has 17 heavy (non-hydrogen) atoms. The number of nitro benzene ring substituents is 1. The number of nitro groups is 1. The topological polar surface area (TPSA) is 106 Å². The Labute approximate surface area is 97.5 Å². The number of rotatable bonds is 4. The molecule has 0 spiro atoms. The van der Waals surface area contributed by atoms with Gasteiger partial charge in [-0.15, -0.1) is 0 Å². The molecule has 0 aromatic heterocycles. The third-order valence-corrected chi connectivity index (χ3v) is 2.21. The van der Waals surface area contributed by atoms with Gasteiger partial charge in [0.15, 0.2) is 0 Å². The van der Waals surface area contributed by atoms with E-state index in [1.807, 2.05) is 6.92 Å². The Balaban J connectivity index is 3.33. The molecule has 1 amide bonds. The number of nitrogens with two attached hydrogens (primary N) is 1. The summed E-state index contributed by atoms with van der Waals surface area (Å²) in [4.78, 5) is 20.6. The molecule has 3 N–H and O–H groups in total. The Morgan fingerprint density at radius 1 is 1.59 bits per heavy atom. The molecule has 90 valence electrons. The summed E-state index contributed by atoms with van der Waals surface area (Å²) in [5.41, 5.74) is 5.43. The van der Waals surface area contributed by atoms with E-state index in [1.54, 1.807) is 6.07 Å². The van der Waals surface area contributed by atoms with Gasteiger partial charge in [-0.2, -0.15) is 0 Å². The van der Waals surface area contributed by atoms with Gasteiger partial charge in [-0.25, -0.2) is 0 Å². The van der Waals surface area contributed by atoms with Gasteiger partial charge in [0, 0.05) is 17.7 Å². The van der Waals surface area contributed by atoms with Gasteiger partial charge in [0.2, 0.25) is 11.7 Å². The number of nitrogens with zero attached hydrogens (tertiary/aromatic N) is 1. The van der Waals surface area contributed by atoms with Crippen molar-refractivity contribution in [2.45, 2.75) is 13.3 Å². The number of hydrogen-bond donors (Lipinski definition) is 2. The lowest BCUT2D eigenvalue weighted by Gasteiger charge is -2.04. The van der Waals surface area contributed by atoms with Crippen LogP contribution in [0, 0.1) is 10.1 Å². The van der Waals surface area contributed by atoms with E-state index < -0.39 is 16.6 Å². The molecule has 0 heterocycles. The van der Waals surface area contributed by atoms with Crippen LogP contribution in [0.2, 0.25) is 0 Å². The molecule has 0 fully saturated rings. The zero-order chi connectivity index (χ0) is 13.0. The van der Waals surface area contributed by atoms with Gasteiger partial charge < -0.3 is 10.8 Å². The molecule has 0 bridgehead atoms. The highest BCUT2D eigenvalue weighted by molar-refractivity contribution is 5.91. The third-order valence-electron chi connectivity index (χ3n) is 2.21. The van der Waals surface area contributed by atoms with Gasteiger partial charge in [0.1, 0.15) is 0 Å². The number of hydrogen-bond acceptors (Lipinski definition) is 4. The number of aromatic hydroxyl groups is 1. The van der Waals surface area contributed by atoms with Crippen molar-refractivity contribution in [2.75, 3.05) is 0 Å². The van der Waals surface area contributed by atoms with E-state index in [1.165, 1.54) is 12.1 Å². The highest BCUT2D eigenvalue weighted by atomic mass is 16.6. The second-order valence-electron chi connectivity index (χ2n) is 3.40. The SMILES string of the molecule is CCc1cc(/C=C\C(N)=O)c(O)c([N+](=O)[O-])c1. The quantitative estimate of drug-likeness (QED) is 0.467. The fourth-order valence-electron chi connectivity index (χ4n) is 1.34. The van der Waals surface area contributed by atoms with Crippen LogP contribution in [0.1, 0.15) is 18.1 Å². The lowest BCUT2D eigenvalue weighted by Crippen LogP contribution is -2.05. The molecule has 1 aromatic rings. The molecule has 0 saturated carbocycles. The first-order chi connectivity index (χ1) is 7.95. The van der Waals surface area contributed by atoms with Crippen LogP contribution in [-0.2, 0) is 11.2 Å². The Kier molecular flexibility index (Phi) is 3.82. The first kappa shape index (κ1) is 12.7. The number of primary amides is 1. The molecule has 0 aliphatic rings. The molecule has 0 aliphatic heterocycles. The Morgan fingerprint density at radius 3 is 2.71 bits per heavy atom. The third kappa shape index (κ3) is 3.04. The second-order valence-corrected chi connectivity index (χ2v) is 3.40. The smallest absolute Gasteiger partial charge is 0.311 e. The van der Waals surface area contributed by atoms with Crippen LogP contribution >= 0.6 is 0 Å². The lowest BCUT2D eigenvalue weighted by atomic mass is 10.1. The minimum Gasteiger partial charge on any atom is -0.502 e. The molecule has 0 aliphatic carbocycles. The first-order valence-corrected chi connectivity index (χ1v) is 4.93. The monoisotopic (exact) mass is 236 g/mol. The molecular formula is C11H12N2O4. The summed E-state index contributed by atoms with van der Waals surface area (Å²) in [5.74, 6) is -1.15. The van der Waals surface area contributed by atoms with Gasteiger partial charge in [-0.3, -0.25) is 14.9 Å². The Hall–Kier alpha value is -2.37. The van der Waals surface area contributed by atoms with Crippen LogP contribution in [0.15, 0.2) is 18.2 Å². The van der Waals surface area contributed by atoms with E-state index >= 15 is 0 Å². The average Bonchev–Trinajstić information content (AvgIpc) is 2.27. The zero-order valence-electron chi connectivity index (χ0n) is 9.21. The van der Waals surface area contributed by atoms with Gasteiger partial charge in [0.25, 0.3) is 0 Å². The number of benzene rings is 1. The van der Waals surface area contributed by atoms with Gasteiger partial charge >= 0.3 is 5.69 Å². The van der Waals surface area contributed by atoms with E-state index in [4.69, 9.17) is 5.73 Å². The van der Waals surface area contributed by atoms with Crippen LogP contribution in [0.4, 0.5) is 5.69 Å². The largest absolute Gasteiger partial charge is 0.502 e. The summed E-state index contributed by atoms with van der Waals surface area (Å²) >= 11 is 0. The first-order valence-electron chi connectivity index (χ1n) is 4.93. The molecule has 1 rings (SSSR count). The maximum Gasteiger partial charge on any atom is 0.311 e. The summed E-state index contributed by atoms with van der Waals surface area (Å²) in [6.07, 6.45) is 2.88. The number of carbonyl (C=O) groups excluding carboxylic acids is 1. The molecule has 6 heteroatoms. The highest BCUT2D eigenvalue weighted by Gasteiger charge is 2.17. The minimum absolute atomic E-state index is 0.204. The van der Waals surface area contributed by atoms with Crippen molar-refractivity contribution in [3.63, 3.8) is 0 Å².